The number of hydrogen-bond acceptors (Lipinski definition) is 5. The second kappa shape index (κ2) is 7.01. The zero-order valence-electron chi connectivity index (χ0n) is 13.7. The zero-order chi connectivity index (χ0) is 17.9. The van der Waals surface area contributed by atoms with Crippen molar-refractivity contribution in [1.29, 1.82) is 0 Å². The maximum Gasteiger partial charge on any atom is 0.248 e. The molecule has 4 aromatic rings. The van der Waals surface area contributed by atoms with Crippen molar-refractivity contribution in [3.63, 3.8) is 0 Å². The van der Waals surface area contributed by atoms with Crippen LogP contribution in [0, 0.1) is 0 Å². The van der Waals surface area contributed by atoms with Gasteiger partial charge in [-0.3, -0.25) is 0 Å². The molecule has 0 spiro atoms. The first-order valence-corrected chi connectivity index (χ1v) is 8.79. The fourth-order valence-electron chi connectivity index (χ4n) is 2.64. The van der Waals surface area contributed by atoms with E-state index >= 15 is 0 Å². The van der Waals surface area contributed by atoms with Crippen LogP contribution in [0.15, 0.2) is 77.5 Å². The number of ether oxygens (including phenoxy) is 1. The standard InChI is InChI=1S/C20H15BrN4O/c21-14-8-10-15(11-9-14)26-20-18(22)19(23-12-24-20)25-17-7-3-5-13-4-1-2-6-16(13)17/h1-12H,22H2,(H,23,24,25). The van der Waals surface area contributed by atoms with E-state index in [0.717, 1.165) is 20.9 Å². The molecule has 0 aliphatic rings. The van der Waals surface area contributed by atoms with Crippen molar-refractivity contribution in [3.8, 4) is 11.6 Å². The lowest BCUT2D eigenvalue weighted by Gasteiger charge is -2.13. The summed E-state index contributed by atoms with van der Waals surface area (Å²) in [4.78, 5) is 8.41. The molecule has 128 valence electrons. The molecule has 4 rings (SSSR count). The van der Waals surface area contributed by atoms with Crippen LogP contribution >= 0.6 is 15.9 Å². The highest BCUT2D eigenvalue weighted by molar-refractivity contribution is 9.10. The van der Waals surface area contributed by atoms with Crippen LogP contribution in [0.3, 0.4) is 0 Å². The minimum Gasteiger partial charge on any atom is -0.437 e. The number of fused-ring (bicyclic) bond motifs is 1. The van der Waals surface area contributed by atoms with Crippen molar-refractivity contribution < 1.29 is 4.74 Å². The molecule has 0 fully saturated rings. The normalized spacial score (nSPS) is 10.7. The van der Waals surface area contributed by atoms with Crippen molar-refractivity contribution in [1.82, 2.24) is 9.97 Å². The predicted molar refractivity (Wildman–Crippen MR) is 108 cm³/mol. The number of hydrogen-bond donors (Lipinski definition) is 2. The van der Waals surface area contributed by atoms with Crippen LogP contribution in [0.25, 0.3) is 10.8 Å². The van der Waals surface area contributed by atoms with Gasteiger partial charge in [0.1, 0.15) is 17.8 Å². The molecular formula is C20H15BrN4O. The topological polar surface area (TPSA) is 73.1 Å². The van der Waals surface area contributed by atoms with E-state index in [-0.39, 0.29) is 0 Å². The van der Waals surface area contributed by atoms with E-state index < -0.39 is 0 Å². The van der Waals surface area contributed by atoms with Crippen LogP contribution in [0.2, 0.25) is 0 Å². The Hall–Kier alpha value is -3.12. The fraction of sp³-hybridized carbons (Fsp3) is 0. The van der Waals surface area contributed by atoms with Gasteiger partial charge in [0.25, 0.3) is 0 Å². The summed E-state index contributed by atoms with van der Waals surface area (Å²) >= 11 is 3.40. The summed E-state index contributed by atoms with van der Waals surface area (Å²) < 4.78 is 6.76. The van der Waals surface area contributed by atoms with Gasteiger partial charge in [0, 0.05) is 15.5 Å². The van der Waals surface area contributed by atoms with E-state index in [0.29, 0.717) is 23.1 Å². The first-order valence-electron chi connectivity index (χ1n) is 7.99. The monoisotopic (exact) mass is 406 g/mol. The molecule has 0 atom stereocenters. The second-order valence-electron chi connectivity index (χ2n) is 5.65. The van der Waals surface area contributed by atoms with Gasteiger partial charge in [-0.25, -0.2) is 4.98 Å². The molecule has 1 aromatic heterocycles. The highest BCUT2D eigenvalue weighted by Crippen LogP contribution is 2.33. The van der Waals surface area contributed by atoms with E-state index in [1.165, 1.54) is 6.33 Å². The van der Waals surface area contributed by atoms with Crippen LogP contribution in [0.4, 0.5) is 17.2 Å². The minimum atomic E-state index is 0.310. The van der Waals surface area contributed by atoms with E-state index in [1.54, 1.807) is 0 Å². The molecule has 1 heterocycles. The summed E-state index contributed by atoms with van der Waals surface area (Å²) in [5, 5.41) is 5.51. The molecule has 0 bridgehead atoms. The molecule has 0 unspecified atom stereocenters. The molecule has 3 aromatic carbocycles. The average molecular weight is 407 g/mol. The lowest BCUT2D eigenvalue weighted by molar-refractivity contribution is 0.464. The first kappa shape index (κ1) is 16.4. The summed E-state index contributed by atoms with van der Waals surface area (Å²) in [5.74, 6) is 1.46. The zero-order valence-corrected chi connectivity index (χ0v) is 15.3. The molecule has 26 heavy (non-hydrogen) atoms. The number of aromatic nitrogens is 2. The van der Waals surface area contributed by atoms with Gasteiger partial charge < -0.3 is 15.8 Å². The molecule has 0 saturated heterocycles. The SMILES string of the molecule is Nc1c(Nc2cccc3ccccc23)ncnc1Oc1ccc(Br)cc1. The highest BCUT2D eigenvalue weighted by atomic mass is 79.9. The molecule has 0 amide bonds. The van der Waals surface area contributed by atoms with Gasteiger partial charge in [0.15, 0.2) is 5.82 Å². The predicted octanol–water partition coefficient (Wildman–Crippen LogP) is 5.51. The molecule has 0 aliphatic heterocycles. The minimum absolute atomic E-state index is 0.310. The van der Waals surface area contributed by atoms with Crippen molar-refractivity contribution in [3.05, 3.63) is 77.5 Å². The third-order valence-electron chi connectivity index (χ3n) is 3.92. The Labute approximate surface area is 159 Å². The van der Waals surface area contributed by atoms with Gasteiger partial charge in [0.2, 0.25) is 5.88 Å². The Kier molecular flexibility index (Phi) is 4.41. The first-order chi connectivity index (χ1) is 12.7. The van der Waals surface area contributed by atoms with E-state index in [4.69, 9.17) is 10.5 Å². The summed E-state index contributed by atoms with van der Waals surface area (Å²) in [6.07, 6.45) is 1.43. The Morgan fingerprint density at radius 2 is 1.65 bits per heavy atom. The third kappa shape index (κ3) is 3.32. The largest absolute Gasteiger partial charge is 0.437 e. The Balaban J connectivity index is 1.66. The highest BCUT2D eigenvalue weighted by Gasteiger charge is 2.11. The quantitative estimate of drug-likeness (QED) is 0.467. The lowest BCUT2D eigenvalue weighted by atomic mass is 10.1. The van der Waals surface area contributed by atoms with Crippen molar-refractivity contribution >= 4 is 43.9 Å². The second-order valence-corrected chi connectivity index (χ2v) is 6.56. The van der Waals surface area contributed by atoms with E-state index in [2.05, 4.69) is 43.3 Å². The van der Waals surface area contributed by atoms with Crippen LogP contribution in [0.5, 0.6) is 11.6 Å². The van der Waals surface area contributed by atoms with Gasteiger partial charge >= 0.3 is 0 Å². The van der Waals surface area contributed by atoms with Crippen LogP contribution in [-0.2, 0) is 0 Å². The number of nitrogens with one attached hydrogen (secondary N) is 1. The number of anilines is 3. The average Bonchev–Trinajstić information content (AvgIpc) is 2.67. The van der Waals surface area contributed by atoms with Gasteiger partial charge in [0.05, 0.1) is 0 Å². The fourth-order valence-corrected chi connectivity index (χ4v) is 2.90. The molecule has 0 aliphatic carbocycles. The molecular weight excluding hydrogens is 392 g/mol. The smallest absolute Gasteiger partial charge is 0.248 e. The van der Waals surface area contributed by atoms with Crippen molar-refractivity contribution in [2.45, 2.75) is 0 Å². The summed E-state index contributed by atoms with van der Waals surface area (Å²) in [6.45, 7) is 0. The van der Waals surface area contributed by atoms with Gasteiger partial charge in [-0.1, -0.05) is 52.3 Å². The molecule has 0 saturated carbocycles. The van der Waals surface area contributed by atoms with Crippen molar-refractivity contribution in [2.24, 2.45) is 0 Å². The number of nitrogens with zero attached hydrogens (tertiary/aromatic N) is 2. The number of nitrogens with two attached hydrogens (primary N) is 1. The van der Waals surface area contributed by atoms with E-state index in [1.807, 2.05) is 54.6 Å². The Bertz CT molecular complexity index is 1060. The lowest BCUT2D eigenvalue weighted by Crippen LogP contribution is -2.03. The number of rotatable bonds is 4. The maximum absolute atomic E-state index is 6.23. The molecule has 3 N–H and O–H groups in total. The van der Waals surface area contributed by atoms with Crippen LogP contribution in [0.1, 0.15) is 0 Å². The van der Waals surface area contributed by atoms with Gasteiger partial charge in [-0.05, 0) is 35.7 Å². The number of halogens is 1. The Morgan fingerprint density at radius 1 is 0.885 bits per heavy atom. The van der Waals surface area contributed by atoms with Crippen LogP contribution in [-0.4, -0.2) is 9.97 Å². The van der Waals surface area contributed by atoms with Crippen molar-refractivity contribution in [2.75, 3.05) is 11.1 Å². The Morgan fingerprint density at radius 3 is 2.50 bits per heavy atom. The number of benzene rings is 3. The van der Waals surface area contributed by atoms with Gasteiger partial charge in [-0.15, -0.1) is 0 Å². The molecule has 5 nitrogen and oxygen atoms in total. The van der Waals surface area contributed by atoms with E-state index in [9.17, 15) is 0 Å². The third-order valence-corrected chi connectivity index (χ3v) is 4.45. The van der Waals surface area contributed by atoms with Gasteiger partial charge in [-0.2, -0.15) is 4.98 Å². The van der Waals surface area contributed by atoms with Crippen LogP contribution < -0.4 is 15.8 Å². The number of nitrogen functional groups attached to an aromatic ring is 1. The summed E-state index contributed by atoms with van der Waals surface area (Å²) in [7, 11) is 0. The maximum atomic E-state index is 6.23. The molecule has 0 radical (unpaired) electrons. The summed E-state index contributed by atoms with van der Waals surface area (Å²) in [5.41, 5.74) is 7.50. The summed E-state index contributed by atoms with van der Waals surface area (Å²) in [6, 6.07) is 21.6. The molecule has 6 heteroatoms.